The molecule has 5 rings (SSSR count). The first kappa shape index (κ1) is 29.9. The third-order valence-electron chi connectivity index (χ3n) is 6.47. The second-order valence-electron chi connectivity index (χ2n) is 9.81. The number of nitrogens with zero attached hydrogens (tertiary/aromatic N) is 4. The zero-order chi connectivity index (χ0) is 31.4. The molecule has 19 heteroatoms. The SMILES string of the molecule is CC(C)(O/N=C(\C(=O)NC1C(=O)N2C(C(=O)O)=C(Cn3sc4cc(O)c(O)cc4c3=O)CS[C@@H]12)c1csc(N)n1)C(=O)O. The number of nitrogens with one attached hydrogen (secondary N) is 1. The predicted molar refractivity (Wildman–Crippen MR) is 155 cm³/mol. The highest BCUT2D eigenvalue weighted by Crippen LogP contribution is 2.41. The molecule has 1 fully saturated rings. The van der Waals surface area contributed by atoms with Crippen LogP contribution in [0.1, 0.15) is 19.5 Å². The van der Waals surface area contributed by atoms with Gasteiger partial charge < -0.3 is 36.3 Å². The number of carboxylic acid groups (broad SMARTS) is 2. The molecule has 2 atom stereocenters. The number of β-lactam (4-membered cyclic amide) rings is 1. The van der Waals surface area contributed by atoms with Gasteiger partial charge in [0.25, 0.3) is 17.4 Å². The molecule has 0 radical (unpaired) electrons. The number of carboxylic acids is 2. The summed E-state index contributed by atoms with van der Waals surface area (Å²) in [7, 11) is 0. The molecule has 1 unspecified atom stereocenters. The molecule has 43 heavy (non-hydrogen) atoms. The van der Waals surface area contributed by atoms with Crippen LogP contribution in [-0.4, -0.2) is 86.5 Å². The number of carbonyl (C=O) groups excluding carboxylic acids is 2. The van der Waals surface area contributed by atoms with Crippen LogP contribution in [0.15, 0.2) is 38.7 Å². The summed E-state index contributed by atoms with van der Waals surface area (Å²) in [5, 5.41) is 45.8. The van der Waals surface area contributed by atoms with Crippen molar-refractivity contribution < 1.29 is 44.4 Å². The largest absolute Gasteiger partial charge is 0.504 e. The van der Waals surface area contributed by atoms with Crippen LogP contribution in [0.5, 0.6) is 11.5 Å². The van der Waals surface area contributed by atoms with Crippen molar-refractivity contribution in [2.75, 3.05) is 11.5 Å². The summed E-state index contributed by atoms with van der Waals surface area (Å²) in [5.74, 6) is -5.21. The van der Waals surface area contributed by atoms with Gasteiger partial charge >= 0.3 is 11.9 Å². The Bertz CT molecular complexity index is 1820. The first-order valence-electron chi connectivity index (χ1n) is 12.2. The lowest BCUT2D eigenvalue weighted by Gasteiger charge is -2.49. The van der Waals surface area contributed by atoms with E-state index in [4.69, 9.17) is 10.6 Å². The number of nitrogens with two attached hydrogens (primary N) is 1. The van der Waals surface area contributed by atoms with E-state index in [1.54, 1.807) is 0 Å². The summed E-state index contributed by atoms with van der Waals surface area (Å²) in [6.07, 6.45) is 0. The minimum Gasteiger partial charge on any atom is -0.504 e. The van der Waals surface area contributed by atoms with Gasteiger partial charge in [-0.25, -0.2) is 14.6 Å². The number of nitrogen functional groups attached to an aromatic ring is 1. The second-order valence-corrected chi connectivity index (χ2v) is 12.9. The van der Waals surface area contributed by atoms with Gasteiger partial charge in [0.05, 0.1) is 16.6 Å². The fraction of sp³-hybridized carbons (Fsp3) is 0.292. The van der Waals surface area contributed by atoms with E-state index in [2.05, 4.69) is 15.5 Å². The van der Waals surface area contributed by atoms with Crippen LogP contribution < -0.4 is 16.6 Å². The van der Waals surface area contributed by atoms with E-state index in [0.717, 1.165) is 45.6 Å². The Morgan fingerprint density at radius 3 is 2.53 bits per heavy atom. The minimum absolute atomic E-state index is 0.0232. The number of anilines is 1. The lowest BCUT2D eigenvalue weighted by atomic mass is 10.0. The molecule has 0 spiro atoms. The monoisotopic (exact) mass is 650 g/mol. The summed E-state index contributed by atoms with van der Waals surface area (Å²) in [4.78, 5) is 73.1. The fourth-order valence-electron chi connectivity index (χ4n) is 4.19. The van der Waals surface area contributed by atoms with Crippen molar-refractivity contribution in [3.05, 3.63) is 44.8 Å². The molecule has 16 nitrogen and oxygen atoms in total. The number of rotatable bonds is 9. The lowest BCUT2D eigenvalue weighted by Crippen LogP contribution is -2.71. The summed E-state index contributed by atoms with van der Waals surface area (Å²) in [6.45, 7) is 2.27. The van der Waals surface area contributed by atoms with Gasteiger partial charge in [0, 0.05) is 17.2 Å². The topological polar surface area (TPSA) is 247 Å². The smallest absolute Gasteiger partial charge is 0.352 e. The quantitative estimate of drug-likeness (QED) is 0.0802. The van der Waals surface area contributed by atoms with E-state index in [1.165, 1.54) is 29.3 Å². The number of benzene rings is 1. The Labute approximate surface area is 252 Å². The number of oxime groups is 1. The van der Waals surface area contributed by atoms with E-state index in [0.29, 0.717) is 4.70 Å². The highest BCUT2D eigenvalue weighted by Gasteiger charge is 2.54. The molecule has 4 heterocycles. The molecule has 3 aromatic rings. The third-order valence-corrected chi connectivity index (χ3v) is 9.54. The summed E-state index contributed by atoms with van der Waals surface area (Å²) in [5.41, 5.74) is 2.82. The molecule has 226 valence electrons. The molecule has 2 amide bonds. The first-order valence-corrected chi connectivity index (χ1v) is 14.9. The Hall–Kier alpha value is -4.62. The van der Waals surface area contributed by atoms with E-state index in [1.807, 2.05) is 0 Å². The molecule has 2 aliphatic heterocycles. The normalized spacial score (nSPS) is 18.8. The van der Waals surface area contributed by atoms with Gasteiger partial charge in [-0.3, -0.25) is 23.2 Å². The maximum absolute atomic E-state index is 13.2. The molecule has 0 saturated carbocycles. The maximum atomic E-state index is 13.2. The number of thioether (sulfide) groups is 1. The van der Waals surface area contributed by atoms with Gasteiger partial charge in [0.2, 0.25) is 5.60 Å². The standard InChI is InChI=1S/C24H22N6O10S3/c1-24(2,22(38)39)40-28-14(10-7-42-23(25)26-10)17(33)27-15-19(35)30-16(21(36)37)8(6-41-20(15)30)5-29-18(34)9-3-11(31)12(32)4-13(9)43-29/h3-4,7,15,20,31-32H,5-6H2,1-2H3,(H2,25,26)(H,27,33)(H,36,37)(H,38,39)/b28-14-/t15?,20-/m0/s1. The molecule has 1 aromatic carbocycles. The number of hydrogen-bond acceptors (Lipinski definition) is 14. The highest BCUT2D eigenvalue weighted by molar-refractivity contribution is 8.00. The molecule has 0 bridgehead atoms. The summed E-state index contributed by atoms with van der Waals surface area (Å²) < 4.78 is 1.63. The maximum Gasteiger partial charge on any atom is 0.352 e. The van der Waals surface area contributed by atoms with Gasteiger partial charge in [-0.15, -0.1) is 23.1 Å². The number of phenolic OH excluding ortho intramolecular Hbond substituents is 2. The Kier molecular flexibility index (Phi) is 7.57. The van der Waals surface area contributed by atoms with Crippen molar-refractivity contribution in [2.24, 2.45) is 5.16 Å². The highest BCUT2D eigenvalue weighted by atomic mass is 32.2. The Morgan fingerprint density at radius 2 is 1.91 bits per heavy atom. The minimum atomic E-state index is -1.80. The van der Waals surface area contributed by atoms with Crippen molar-refractivity contribution in [1.29, 1.82) is 0 Å². The zero-order valence-corrected chi connectivity index (χ0v) is 24.6. The van der Waals surface area contributed by atoms with Crippen LogP contribution in [0.25, 0.3) is 10.1 Å². The van der Waals surface area contributed by atoms with E-state index >= 15 is 0 Å². The van der Waals surface area contributed by atoms with E-state index < -0.39 is 63.5 Å². The van der Waals surface area contributed by atoms with Crippen molar-refractivity contribution in [3.8, 4) is 11.5 Å². The molecule has 7 N–H and O–H groups in total. The molecular formula is C24H22N6O10S3. The Morgan fingerprint density at radius 1 is 1.21 bits per heavy atom. The van der Waals surface area contributed by atoms with Crippen molar-refractivity contribution in [3.63, 3.8) is 0 Å². The number of fused-ring (bicyclic) bond motifs is 2. The number of aliphatic carboxylic acids is 2. The van der Waals surface area contributed by atoms with Crippen molar-refractivity contribution in [2.45, 2.75) is 37.4 Å². The van der Waals surface area contributed by atoms with Crippen LogP contribution in [0.4, 0.5) is 5.13 Å². The van der Waals surface area contributed by atoms with Crippen LogP contribution in [-0.2, 0) is 30.6 Å². The fourth-order valence-corrected chi connectivity index (χ4v) is 7.12. The van der Waals surface area contributed by atoms with Crippen LogP contribution in [0, 0.1) is 0 Å². The van der Waals surface area contributed by atoms with Gasteiger partial charge in [-0.2, -0.15) is 0 Å². The number of aromatic nitrogens is 2. The number of carbonyl (C=O) groups is 4. The number of amides is 2. The number of phenols is 2. The third kappa shape index (κ3) is 5.37. The molecule has 1 saturated heterocycles. The average molecular weight is 651 g/mol. The molecular weight excluding hydrogens is 628 g/mol. The van der Waals surface area contributed by atoms with Gasteiger partial charge in [0.1, 0.15) is 22.8 Å². The zero-order valence-electron chi connectivity index (χ0n) is 22.1. The number of thiazole rings is 1. The predicted octanol–water partition coefficient (Wildman–Crippen LogP) is 0.536. The Balaban J connectivity index is 1.39. The lowest BCUT2D eigenvalue weighted by molar-refractivity contribution is -0.161. The second kappa shape index (κ2) is 10.9. The van der Waals surface area contributed by atoms with Crippen LogP contribution >= 0.6 is 34.6 Å². The van der Waals surface area contributed by atoms with Gasteiger partial charge in [-0.05, 0) is 25.5 Å². The summed E-state index contributed by atoms with van der Waals surface area (Å²) in [6, 6.07) is 1.18. The van der Waals surface area contributed by atoms with Crippen molar-refractivity contribution in [1.82, 2.24) is 19.2 Å². The van der Waals surface area contributed by atoms with Crippen LogP contribution in [0.2, 0.25) is 0 Å². The number of hydrogen-bond donors (Lipinski definition) is 6. The summed E-state index contributed by atoms with van der Waals surface area (Å²) >= 11 is 3.11. The number of aromatic hydroxyl groups is 2. The molecule has 2 aliphatic rings. The van der Waals surface area contributed by atoms with Crippen LogP contribution in [0.3, 0.4) is 0 Å². The molecule has 0 aliphatic carbocycles. The molecule has 2 aromatic heterocycles. The first-order chi connectivity index (χ1) is 20.2. The van der Waals surface area contributed by atoms with E-state index in [9.17, 15) is 44.4 Å². The average Bonchev–Trinajstić information content (AvgIpc) is 3.49. The van der Waals surface area contributed by atoms with Crippen molar-refractivity contribution >= 4 is 79.3 Å². The van der Waals surface area contributed by atoms with E-state index in [-0.39, 0.29) is 39.8 Å². The van der Waals surface area contributed by atoms with Gasteiger partial charge in [-0.1, -0.05) is 16.7 Å². The van der Waals surface area contributed by atoms with Gasteiger partial charge in [0.15, 0.2) is 22.3 Å².